The first-order valence-electron chi connectivity index (χ1n) is 10.5. The normalized spacial score (nSPS) is 21.8. The lowest BCUT2D eigenvalue weighted by atomic mass is 9.90. The Bertz CT molecular complexity index is 1300. The summed E-state index contributed by atoms with van der Waals surface area (Å²) in [6, 6.07) is 4.00. The van der Waals surface area contributed by atoms with Crippen LogP contribution in [0.15, 0.2) is 58.6 Å². The fraction of sp³-hybridized carbons (Fsp3) is 0.304. The van der Waals surface area contributed by atoms with Gasteiger partial charge in [0.05, 0.1) is 41.9 Å². The predicted octanol–water partition coefficient (Wildman–Crippen LogP) is 3.20. The number of amides is 1. The third kappa shape index (κ3) is 3.56. The van der Waals surface area contributed by atoms with Crippen LogP contribution in [-0.2, 0) is 6.54 Å². The summed E-state index contributed by atoms with van der Waals surface area (Å²) >= 11 is 3.54. The van der Waals surface area contributed by atoms with E-state index in [1.807, 2.05) is 30.9 Å². The Morgan fingerprint density at radius 3 is 2.97 bits per heavy atom. The van der Waals surface area contributed by atoms with Crippen LogP contribution in [0.3, 0.4) is 0 Å². The van der Waals surface area contributed by atoms with Crippen molar-refractivity contribution in [3.63, 3.8) is 0 Å². The number of fused-ring (bicyclic) bond motifs is 2. The Morgan fingerprint density at radius 2 is 2.12 bits per heavy atom. The van der Waals surface area contributed by atoms with Crippen LogP contribution in [0, 0.1) is 13.8 Å². The first-order chi connectivity index (χ1) is 15.3. The standard InChI is InChI=1S/C23H24BrN7O/c1-15-4-5-21-28-19(13-31(21)16(15)2)12-30-11-17(9-27-30)22(32)25-10-20-23(3)8-18(24)6-7-29(23)14-26-20/h4-9,11,13-14,20H,10,12H2,1-3H3,(H,25,32). The minimum atomic E-state index is -0.301. The number of pyridine rings is 1. The van der Waals surface area contributed by atoms with E-state index >= 15 is 0 Å². The number of hydrogen-bond donors (Lipinski definition) is 1. The van der Waals surface area contributed by atoms with E-state index in [0.29, 0.717) is 18.7 Å². The summed E-state index contributed by atoms with van der Waals surface area (Å²) in [5.41, 5.74) is 4.40. The topological polar surface area (TPSA) is 79.8 Å². The van der Waals surface area contributed by atoms with E-state index in [2.05, 4.69) is 78.5 Å². The van der Waals surface area contributed by atoms with Gasteiger partial charge in [-0.05, 0) is 44.6 Å². The number of aliphatic imine (C=N–C) groups is 1. The molecular formula is C23H24BrN7O. The van der Waals surface area contributed by atoms with Crippen molar-refractivity contribution in [1.29, 1.82) is 0 Å². The lowest BCUT2D eigenvalue weighted by molar-refractivity contribution is 0.0947. The lowest BCUT2D eigenvalue weighted by Gasteiger charge is -2.36. The van der Waals surface area contributed by atoms with E-state index in [1.165, 1.54) is 11.3 Å². The highest BCUT2D eigenvalue weighted by atomic mass is 79.9. The number of rotatable bonds is 5. The molecule has 2 aliphatic heterocycles. The van der Waals surface area contributed by atoms with E-state index in [1.54, 1.807) is 17.1 Å². The summed E-state index contributed by atoms with van der Waals surface area (Å²) in [5.74, 6) is -0.163. The van der Waals surface area contributed by atoms with Crippen LogP contribution < -0.4 is 5.32 Å². The zero-order chi connectivity index (χ0) is 22.5. The van der Waals surface area contributed by atoms with Crippen molar-refractivity contribution < 1.29 is 4.79 Å². The summed E-state index contributed by atoms with van der Waals surface area (Å²) in [5, 5.41) is 7.36. The van der Waals surface area contributed by atoms with Gasteiger partial charge in [-0.3, -0.25) is 14.5 Å². The minimum absolute atomic E-state index is 0.0799. The molecule has 0 spiro atoms. The largest absolute Gasteiger partial charge is 0.350 e. The van der Waals surface area contributed by atoms with Crippen LogP contribution in [0.1, 0.15) is 34.2 Å². The predicted molar refractivity (Wildman–Crippen MR) is 127 cm³/mol. The molecule has 3 aromatic rings. The lowest BCUT2D eigenvalue weighted by Crippen LogP contribution is -2.50. The molecule has 5 heterocycles. The Morgan fingerprint density at radius 1 is 1.28 bits per heavy atom. The molecule has 32 heavy (non-hydrogen) atoms. The van der Waals surface area contributed by atoms with Crippen molar-refractivity contribution >= 4 is 33.8 Å². The van der Waals surface area contributed by atoms with Gasteiger partial charge in [0, 0.05) is 35.3 Å². The number of nitrogens with zero attached hydrogens (tertiary/aromatic N) is 6. The van der Waals surface area contributed by atoms with Crippen LogP contribution >= 0.6 is 15.9 Å². The minimum Gasteiger partial charge on any atom is -0.350 e. The number of halogens is 1. The third-order valence-corrected chi connectivity index (χ3v) is 6.79. The van der Waals surface area contributed by atoms with Crippen LogP contribution in [0.25, 0.3) is 5.65 Å². The van der Waals surface area contributed by atoms with Gasteiger partial charge >= 0.3 is 0 Å². The van der Waals surface area contributed by atoms with Crippen LogP contribution in [0.2, 0.25) is 0 Å². The highest BCUT2D eigenvalue weighted by Gasteiger charge is 2.41. The van der Waals surface area contributed by atoms with Crippen molar-refractivity contribution in [2.45, 2.75) is 38.9 Å². The number of imidazole rings is 1. The molecule has 5 rings (SSSR count). The van der Waals surface area contributed by atoms with Gasteiger partial charge in [0.2, 0.25) is 0 Å². The van der Waals surface area contributed by atoms with E-state index in [4.69, 9.17) is 0 Å². The van der Waals surface area contributed by atoms with Gasteiger partial charge < -0.3 is 14.6 Å². The van der Waals surface area contributed by atoms with Crippen molar-refractivity contribution in [3.05, 3.63) is 76.1 Å². The van der Waals surface area contributed by atoms with Crippen LogP contribution in [0.4, 0.5) is 0 Å². The van der Waals surface area contributed by atoms with Crippen LogP contribution in [0.5, 0.6) is 0 Å². The molecule has 164 valence electrons. The first kappa shape index (κ1) is 20.7. The monoisotopic (exact) mass is 493 g/mol. The molecule has 8 nitrogen and oxygen atoms in total. The second-order valence-corrected chi connectivity index (χ2v) is 9.37. The van der Waals surface area contributed by atoms with E-state index < -0.39 is 0 Å². The number of aryl methyl sites for hydroxylation is 2. The number of carbonyl (C=O) groups is 1. The molecule has 0 bridgehead atoms. The molecule has 9 heteroatoms. The number of nitrogens with one attached hydrogen (secondary N) is 1. The van der Waals surface area contributed by atoms with Crippen molar-refractivity contribution in [2.75, 3.05) is 6.54 Å². The molecule has 1 amide bonds. The van der Waals surface area contributed by atoms with Crippen molar-refractivity contribution in [1.82, 2.24) is 29.4 Å². The molecule has 0 saturated heterocycles. The van der Waals surface area contributed by atoms with Gasteiger partial charge in [0.15, 0.2) is 0 Å². The summed E-state index contributed by atoms with van der Waals surface area (Å²) in [7, 11) is 0. The Balaban J connectivity index is 1.24. The zero-order valence-electron chi connectivity index (χ0n) is 18.2. The second kappa shape index (κ2) is 7.74. The average molecular weight is 494 g/mol. The fourth-order valence-corrected chi connectivity index (χ4v) is 4.73. The summed E-state index contributed by atoms with van der Waals surface area (Å²) in [4.78, 5) is 24.0. The van der Waals surface area contributed by atoms with Crippen molar-refractivity contribution in [2.24, 2.45) is 4.99 Å². The Hall–Kier alpha value is -3.20. The van der Waals surface area contributed by atoms with Gasteiger partial charge in [0.1, 0.15) is 5.65 Å². The summed E-state index contributed by atoms with van der Waals surface area (Å²) < 4.78 is 4.83. The van der Waals surface area contributed by atoms with Gasteiger partial charge in [0.25, 0.3) is 5.91 Å². The number of carbonyl (C=O) groups excluding carboxylic acids is 1. The molecule has 3 aromatic heterocycles. The zero-order valence-corrected chi connectivity index (χ0v) is 19.7. The average Bonchev–Trinajstić information content (AvgIpc) is 3.46. The van der Waals surface area contributed by atoms with Gasteiger partial charge in [-0.25, -0.2) is 4.98 Å². The second-order valence-electron chi connectivity index (χ2n) is 8.46. The molecule has 2 aliphatic rings. The maximum Gasteiger partial charge on any atom is 0.254 e. The maximum atomic E-state index is 12.7. The molecular weight excluding hydrogens is 470 g/mol. The smallest absolute Gasteiger partial charge is 0.254 e. The van der Waals surface area contributed by atoms with Gasteiger partial charge in [-0.1, -0.05) is 22.0 Å². The molecule has 2 atom stereocenters. The number of allylic oxidation sites excluding steroid dienone is 2. The number of aromatic nitrogens is 4. The highest BCUT2D eigenvalue weighted by Crippen LogP contribution is 2.33. The molecule has 1 N–H and O–H groups in total. The maximum absolute atomic E-state index is 12.7. The first-order valence-corrected chi connectivity index (χ1v) is 11.3. The van der Waals surface area contributed by atoms with Crippen molar-refractivity contribution in [3.8, 4) is 0 Å². The SMILES string of the molecule is Cc1ccc2nc(Cn3cc(C(=O)NCC4N=CN5C=CC(Br)=CC45C)cn3)cn2c1C. The molecule has 0 radical (unpaired) electrons. The summed E-state index contributed by atoms with van der Waals surface area (Å²) in [6.07, 6.45) is 13.3. The third-order valence-electron chi connectivity index (χ3n) is 6.30. The quantitative estimate of drug-likeness (QED) is 0.591. The molecule has 0 saturated carbocycles. The highest BCUT2D eigenvalue weighted by molar-refractivity contribution is 9.11. The van der Waals surface area contributed by atoms with E-state index in [-0.39, 0.29) is 17.5 Å². The van der Waals surface area contributed by atoms with E-state index in [9.17, 15) is 4.79 Å². The van der Waals surface area contributed by atoms with E-state index in [0.717, 1.165) is 15.8 Å². The molecule has 0 fully saturated rings. The Kier molecular flexibility index (Phi) is 5.00. The molecule has 0 aromatic carbocycles. The fourth-order valence-electron chi connectivity index (χ4n) is 4.15. The van der Waals surface area contributed by atoms with Gasteiger partial charge in [-0.15, -0.1) is 0 Å². The molecule has 2 unspecified atom stereocenters. The Labute approximate surface area is 194 Å². The molecule has 0 aliphatic carbocycles. The summed E-state index contributed by atoms with van der Waals surface area (Å²) in [6.45, 7) is 7.21. The number of hydrogen-bond acceptors (Lipinski definition) is 5. The van der Waals surface area contributed by atoms with Crippen LogP contribution in [-0.4, -0.2) is 54.4 Å². The van der Waals surface area contributed by atoms with Gasteiger partial charge in [-0.2, -0.15) is 5.10 Å².